The van der Waals surface area contributed by atoms with Crippen molar-refractivity contribution >= 4 is 38.4 Å². The Balaban J connectivity index is 1.64. The van der Waals surface area contributed by atoms with E-state index < -0.39 is 0 Å². The second-order valence-corrected chi connectivity index (χ2v) is 8.45. The molecule has 0 aliphatic carbocycles. The molecule has 0 saturated carbocycles. The molecule has 7 nitrogen and oxygen atoms in total. The first-order valence-corrected chi connectivity index (χ1v) is 10.3. The van der Waals surface area contributed by atoms with Gasteiger partial charge < -0.3 is 0 Å². The van der Waals surface area contributed by atoms with Crippen molar-refractivity contribution < 1.29 is 4.79 Å². The SMILES string of the molecule is Cc1ccnc(NC(=O)Nc2sc3nc4n(c(=O)c3c2C)CCC(C)CC4)c1. The molecule has 1 atom stereocenters. The van der Waals surface area contributed by atoms with Crippen LogP contribution in [-0.2, 0) is 13.0 Å². The second kappa shape index (κ2) is 7.35. The van der Waals surface area contributed by atoms with Crippen molar-refractivity contribution in [1.29, 1.82) is 0 Å². The zero-order valence-electron chi connectivity index (χ0n) is 16.2. The lowest BCUT2D eigenvalue weighted by molar-refractivity contribution is 0.262. The van der Waals surface area contributed by atoms with E-state index in [1.807, 2.05) is 24.5 Å². The first-order chi connectivity index (χ1) is 13.4. The maximum absolute atomic E-state index is 13.1. The van der Waals surface area contributed by atoms with E-state index in [4.69, 9.17) is 4.98 Å². The smallest absolute Gasteiger partial charge is 0.299 e. The van der Waals surface area contributed by atoms with E-state index >= 15 is 0 Å². The topological polar surface area (TPSA) is 88.9 Å². The molecule has 2 N–H and O–H groups in total. The van der Waals surface area contributed by atoms with Crippen LogP contribution in [0.25, 0.3) is 10.2 Å². The van der Waals surface area contributed by atoms with Crippen molar-refractivity contribution in [3.8, 4) is 0 Å². The average molecular weight is 398 g/mol. The number of aryl methyl sites for hydroxylation is 3. The molecule has 4 heterocycles. The number of nitrogens with zero attached hydrogens (tertiary/aromatic N) is 3. The Morgan fingerprint density at radius 1 is 1.29 bits per heavy atom. The van der Waals surface area contributed by atoms with Gasteiger partial charge in [-0.05, 0) is 55.9 Å². The van der Waals surface area contributed by atoms with Crippen molar-refractivity contribution in [2.24, 2.45) is 5.92 Å². The molecule has 2 amide bonds. The number of carbonyl (C=O) groups is 1. The van der Waals surface area contributed by atoms with Crippen LogP contribution in [0.4, 0.5) is 15.6 Å². The molecule has 0 fully saturated rings. The van der Waals surface area contributed by atoms with E-state index in [1.165, 1.54) is 11.3 Å². The summed E-state index contributed by atoms with van der Waals surface area (Å²) in [6.07, 6.45) is 4.49. The summed E-state index contributed by atoms with van der Waals surface area (Å²) in [6, 6.07) is 3.27. The number of anilines is 2. The van der Waals surface area contributed by atoms with Gasteiger partial charge in [-0.3, -0.25) is 20.0 Å². The number of rotatable bonds is 2. The third-order valence-electron chi connectivity index (χ3n) is 5.22. The lowest BCUT2D eigenvalue weighted by Gasteiger charge is -2.08. The summed E-state index contributed by atoms with van der Waals surface area (Å²) in [5, 5.41) is 6.81. The van der Waals surface area contributed by atoms with Crippen molar-refractivity contribution in [2.75, 3.05) is 10.6 Å². The van der Waals surface area contributed by atoms with E-state index in [2.05, 4.69) is 22.5 Å². The predicted octanol–water partition coefficient (Wildman–Crippen LogP) is 4.09. The largest absolute Gasteiger partial charge is 0.325 e. The van der Waals surface area contributed by atoms with Gasteiger partial charge in [0.25, 0.3) is 5.56 Å². The van der Waals surface area contributed by atoms with Crippen LogP contribution < -0.4 is 16.2 Å². The highest BCUT2D eigenvalue weighted by Crippen LogP contribution is 2.33. The summed E-state index contributed by atoms with van der Waals surface area (Å²) in [7, 11) is 0. The van der Waals surface area contributed by atoms with Crippen LogP contribution in [0, 0.1) is 19.8 Å². The van der Waals surface area contributed by atoms with E-state index in [9.17, 15) is 9.59 Å². The monoisotopic (exact) mass is 397 g/mol. The molecule has 28 heavy (non-hydrogen) atoms. The van der Waals surface area contributed by atoms with Crippen LogP contribution in [0.2, 0.25) is 0 Å². The van der Waals surface area contributed by atoms with Gasteiger partial charge in [0.1, 0.15) is 21.5 Å². The van der Waals surface area contributed by atoms with Gasteiger partial charge in [-0.15, -0.1) is 0 Å². The third-order valence-corrected chi connectivity index (χ3v) is 6.32. The zero-order chi connectivity index (χ0) is 19.8. The van der Waals surface area contributed by atoms with Crippen LogP contribution in [0.3, 0.4) is 0 Å². The van der Waals surface area contributed by atoms with Gasteiger partial charge in [0.2, 0.25) is 0 Å². The van der Waals surface area contributed by atoms with Crippen LogP contribution in [-0.4, -0.2) is 20.6 Å². The molecule has 0 bridgehead atoms. The van der Waals surface area contributed by atoms with Crippen LogP contribution in [0.15, 0.2) is 23.1 Å². The summed E-state index contributed by atoms with van der Waals surface area (Å²) < 4.78 is 1.81. The molecule has 1 aliphatic heterocycles. The van der Waals surface area contributed by atoms with Crippen LogP contribution in [0.1, 0.15) is 36.7 Å². The number of aromatic nitrogens is 3. The maximum Gasteiger partial charge on any atom is 0.325 e. The summed E-state index contributed by atoms with van der Waals surface area (Å²) in [5.41, 5.74) is 1.77. The Bertz CT molecular complexity index is 1120. The van der Waals surface area contributed by atoms with Crippen molar-refractivity contribution in [3.05, 3.63) is 45.6 Å². The number of carbonyl (C=O) groups excluding carboxylic acids is 1. The highest BCUT2D eigenvalue weighted by molar-refractivity contribution is 7.22. The van der Waals surface area contributed by atoms with E-state index in [-0.39, 0.29) is 11.6 Å². The predicted molar refractivity (Wildman–Crippen MR) is 112 cm³/mol. The van der Waals surface area contributed by atoms with Crippen LogP contribution >= 0.6 is 11.3 Å². The number of hydrogen-bond acceptors (Lipinski definition) is 5. The minimum atomic E-state index is -0.386. The quantitative estimate of drug-likeness (QED) is 0.682. The molecule has 0 aromatic carbocycles. The van der Waals surface area contributed by atoms with Gasteiger partial charge in [0.05, 0.1) is 5.39 Å². The van der Waals surface area contributed by atoms with E-state index in [1.54, 1.807) is 12.3 Å². The van der Waals surface area contributed by atoms with Gasteiger partial charge in [-0.25, -0.2) is 14.8 Å². The summed E-state index contributed by atoms with van der Waals surface area (Å²) in [5.74, 6) is 1.93. The van der Waals surface area contributed by atoms with Crippen molar-refractivity contribution in [2.45, 2.75) is 46.6 Å². The fourth-order valence-electron chi connectivity index (χ4n) is 3.52. The molecular formula is C20H23N5O2S. The van der Waals surface area contributed by atoms with Gasteiger partial charge in [0.15, 0.2) is 0 Å². The van der Waals surface area contributed by atoms with E-state index in [0.717, 1.165) is 36.2 Å². The first-order valence-electron chi connectivity index (χ1n) is 9.46. The highest BCUT2D eigenvalue weighted by Gasteiger charge is 2.21. The normalized spacial score (nSPS) is 16.5. The number of fused-ring (bicyclic) bond motifs is 2. The number of urea groups is 1. The standard InChI is InChI=1S/C20H23N5O2S/c1-11-4-5-15-23-18-16(19(26)25(15)9-7-11)13(3)17(28-18)24-20(27)22-14-10-12(2)6-8-21-14/h6,8,10-11H,4-5,7,9H2,1-3H3,(H2,21,22,24,27). The molecule has 8 heteroatoms. The summed E-state index contributed by atoms with van der Waals surface area (Å²) >= 11 is 1.34. The Kier molecular flexibility index (Phi) is 4.89. The Morgan fingerprint density at radius 3 is 2.89 bits per heavy atom. The number of pyridine rings is 1. The fraction of sp³-hybridized carbons (Fsp3) is 0.400. The third kappa shape index (κ3) is 3.52. The Hall–Kier alpha value is -2.74. The van der Waals surface area contributed by atoms with Gasteiger partial charge in [-0.1, -0.05) is 18.3 Å². The number of nitrogens with one attached hydrogen (secondary N) is 2. The van der Waals surface area contributed by atoms with Crippen molar-refractivity contribution in [1.82, 2.24) is 14.5 Å². The van der Waals surface area contributed by atoms with Crippen molar-refractivity contribution in [3.63, 3.8) is 0 Å². The first kappa shape index (κ1) is 18.6. The molecule has 1 unspecified atom stereocenters. The minimum absolute atomic E-state index is 0.00309. The summed E-state index contributed by atoms with van der Waals surface area (Å²) in [4.78, 5) is 35.0. The molecule has 146 valence electrons. The summed E-state index contributed by atoms with van der Waals surface area (Å²) in [6.45, 7) is 6.71. The molecule has 3 aromatic heterocycles. The lowest BCUT2D eigenvalue weighted by atomic mass is 10.0. The van der Waals surface area contributed by atoms with Crippen LogP contribution in [0.5, 0.6) is 0 Å². The highest BCUT2D eigenvalue weighted by atomic mass is 32.1. The molecule has 4 rings (SSSR count). The van der Waals surface area contributed by atoms with Gasteiger partial charge in [-0.2, -0.15) is 0 Å². The molecule has 0 radical (unpaired) electrons. The molecule has 3 aromatic rings. The zero-order valence-corrected chi connectivity index (χ0v) is 17.0. The van der Waals surface area contributed by atoms with E-state index in [0.29, 0.717) is 33.5 Å². The minimum Gasteiger partial charge on any atom is -0.299 e. The Morgan fingerprint density at radius 2 is 2.11 bits per heavy atom. The van der Waals surface area contributed by atoms with Gasteiger partial charge >= 0.3 is 6.03 Å². The maximum atomic E-state index is 13.1. The fourth-order valence-corrected chi connectivity index (χ4v) is 4.61. The second-order valence-electron chi connectivity index (χ2n) is 7.45. The lowest BCUT2D eigenvalue weighted by Crippen LogP contribution is -2.24. The molecule has 0 saturated heterocycles. The van der Waals surface area contributed by atoms with Gasteiger partial charge in [0, 0.05) is 19.2 Å². The molecular weight excluding hydrogens is 374 g/mol. The number of hydrogen-bond donors (Lipinski definition) is 2. The number of thiophene rings is 1. The number of amides is 2. The molecule has 1 aliphatic rings. The Labute approximate surface area is 166 Å². The average Bonchev–Trinajstić information content (AvgIpc) is 2.81. The molecule has 0 spiro atoms.